The molecule has 174 valence electrons. The Hall–Kier alpha value is -2.47. The number of hydrogen-bond donors (Lipinski definition) is 1. The van der Waals surface area contributed by atoms with Crippen LogP contribution in [-0.2, 0) is 11.2 Å². The van der Waals surface area contributed by atoms with E-state index in [9.17, 15) is 14.7 Å². The monoisotopic (exact) mass is 627 g/mol. The lowest BCUT2D eigenvalue weighted by Gasteiger charge is -2.17. The maximum Gasteiger partial charge on any atom is 0.344 e. The number of carboxylic acid groups (broad SMARTS) is 1. The molecule has 2 aromatic carbocycles. The van der Waals surface area contributed by atoms with E-state index in [1.54, 1.807) is 24.4 Å². The van der Waals surface area contributed by atoms with Crippen molar-refractivity contribution < 1.29 is 19.4 Å². The van der Waals surface area contributed by atoms with Gasteiger partial charge < -0.3 is 14.6 Å². The van der Waals surface area contributed by atoms with Crippen LogP contribution in [0.15, 0.2) is 44.7 Å². The van der Waals surface area contributed by atoms with Crippen molar-refractivity contribution in [2.45, 2.75) is 39.7 Å². The van der Waals surface area contributed by atoms with Crippen molar-refractivity contribution in [2.24, 2.45) is 5.10 Å². The van der Waals surface area contributed by atoms with Gasteiger partial charge in [0.05, 0.1) is 27.3 Å². The van der Waals surface area contributed by atoms with Crippen molar-refractivity contribution in [3.8, 4) is 11.5 Å². The number of halogens is 2. The summed E-state index contributed by atoms with van der Waals surface area (Å²) in [6, 6.07) is 8.88. The van der Waals surface area contributed by atoms with Crippen molar-refractivity contribution in [3.05, 3.63) is 60.1 Å². The molecule has 0 fully saturated rings. The molecule has 0 aliphatic heterocycles. The Morgan fingerprint density at radius 3 is 2.76 bits per heavy atom. The number of nitrogens with zero attached hydrogens (tertiary/aromatic N) is 3. The molecule has 0 aliphatic carbocycles. The van der Waals surface area contributed by atoms with E-state index in [0.717, 1.165) is 10.9 Å². The van der Waals surface area contributed by atoms with E-state index in [2.05, 4.69) is 48.6 Å². The second-order valence-corrected chi connectivity index (χ2v) is 9.24. The van der Waals surface area contributed by atoms with Gasteiger partial charge in [-0.3, -0.25) is 4.79 Å². The van der Waals surface area contributed by atoms with Gasteiger partial charge in [-0.25, -0.2) is 9.78 Å². The first-order valence-electron chi connectivity index (χ1n) is 10.4. The van der Waals surface area contributed by atoms with E-state index in [4.69, 9.17) is 9.47 Å². The molecule has 1 heterocycles. The summed E-state index contributed by atoms with van der Waals surface area (Å²) in [5, 5.41) is 14.1. The Morgan fingerprint density at radius 2 is 2.09 bits per heavy atom. The van der Waals surface area contributed by atoms with Crippen LogP contribution in [0.3, 0.4) is 0 Å². The van der Waals surface area contributed by atoms with Crippen LogP contribution in [0.2, 0.25) is 0 Å². The summed E-state index contributed by atoms with van der Waals surface area (Å²) in [4.78, 5) is 29.0. The van der Waals surface area contributed by atoms with Crippen molar-refractivity contribution >= 4 is 61.6 Å². The van der Waals surface area contributed by atoms with Crippen LogP contribution in [0.25, 0.3) is 10.9 Å². The van der Waals surface area contributed by atoms with Crippen LogP contribution in [0.4, 0.5) is 0 Å². The Kier molecular flexibility index (Phi) is 8.46. The molecule has 0 amide bonds. The number of benzene rings is 2. The highest BCUT2D eigenvalue weighted by Gasteiger charge is 2.19. The third kappa shape index (κ3) is 5.91. The molecule has 0 aliphatic rings. The number of aliphatic carboxylic acids is 1. The first-order valence-corrected chi connectivity index (χ1v) is 12.2. The summed E-state index contributed by atoms with van der Waals surface area (Å²) in [5.74, 6) is 0.256. The molecule has 33 heavy (non-hydrogen) atoms. The van der Waals surface area contributed by atoms with Gasteiger partial charge in [-0.2, -0.15) is 9.78 Å². The van der Waals surface area contributed by atoms with Gasteiger partial charge in [0.15, 0.2) is 17.6 Å². The summed E-state index contributed by atoms with van der Waals surface area (Å²) in [7, 11) is 0. The fourth-order valence-electron chi connectivity index (χ4n) is 3.09. The fourth-order valence-corrected chi connectivity index (χ4v) is 4.20. The first kappa shape index (κ1) is 25.2. The minimum Gasteiger partial charge on any atom is -0.490 e. The normalized spacial score (nSPS) is 12.3. The second kappa shape index (κ2) is 11.1. The predicted octanol–water partition coefficient (Wildman–Crippen LogP) is 4.85. The molecular weight excluding hydrogens is 605 g/mol. The molecule has 0 saturated heterocycles. The Morgan fingerprint density at radius 1 is 1.33 bits per heavy atom. The van der Waals surface area contributed by atoms with E-state index < -0.39 is 12.1 Å². The molecule has 0 spiro atoms. The Balaban J connectivity index is 2.07. The van der Waals surface area contributed by atoms with E-state index in [-0.39, 0.29) is 5.56 Å². The summed E-state index contributed by atoms with van der Waals surface area (Å²) < 4.78 is 14.0. The zero-order valence-electron chi connectivity index (χ0n) is 18.3. The maximum absolute atomic E-state index is 13.2. The zero-order valence-corrected chi connectivity index (χ0v) is 22.1. The highest BCUT2D eigenvalue weighted by molar-refractivity contribution is 14.1. The summed E-state index contributed by atoms with van der Waals surface area (Å²) in [6.07, 6.45) is 1.93. The third-order valence-corrected chi connectivity index (χ3v) is 5.94. The number of aryl methyl sites for hydroxylation is 1. The number of rotatable bonds is 9. The number of carbonyl (C=O) groups is 1. The fraction of sp³-hybridized carbons (Fsp3) is 0.304. The number of ether oxygens (including phenoxy) is 2. The second-order valence-electron chi connectivity index (χ2n) is 7.16. The first-order chi connectivity index (χ1) is 15.7. The highest BCUT2D eigenvalue weighted by Crippen LogP contribution is 2.34. The number of fused-ring (bicyclic) bond motifs is 1. The summed E-state index contributed by atoms with van der Waals surface area (Å²) >= 11 is 5.46. The average Bonchev–Trinajstić information content (AvgIpc) is 2.76. The van der Waals surface area contributed by atoms with E-state index in [1.807, 2.05) is 26.0 Å². The molecule has 0 radical (unpaired) electrons. The van der Waals surface area contributed by atoms with Gasteiger partial charge >= 0.3 is 5.97 Å². The van der Waals surface area contributed by atoms with Crippen molar-refractivity contribution in [2.75, 3.05) is 6.61 Å². The molecule has 10 heteroatoms. The molecule has 0 saturated carbocycles. The largest absolute Gasteiger partial charge is 0.490 e. The van der Waals surface area contributed by atoms with E-state index >= 15 is 0 Å². The SMILES string of the molecule is CCCc1nc2ccc(Br)cc2c(=O)n1N=Cc1cc(I)c(O[C@@H](C)C(=O)O)c(OCC)c1. The smallest absolute Gasteiger partial charge is 0.344 e. The molecule has 1 aromatic heterocycles. The molecule has 1 atom stereocenters. The lowest BCUT2D eigenvalue weighted by molar-refractivity contribution is -0.144. The number of aromatic nitrogens is 2. The molecule has 0 bridgehead atoms. The Labute approximate surface area is 212 Å². The lowest BCUT2D eigenvalue weighted by atomic mass is 10.2. The lowest BCUT2D eigenvalue weighted by Crippen LogP contribution is -2.23. The molecule has 8 nitrogen and oxygen atoms in total. The van der Waals surface area contributed by atoms with Crippen LogP contribution >= 0.6 is 38.5 Å². The summed E-state index contributed by atoms with van der Waals surface area (Å²) in [6.45, 7) is 5.67. The average molecular weight is 628 g/mol. The van der Waals surface area contributed by atoms with Crippen LogP contribution in [0.1, 0.15) is 38.6 Å². The minimum absolute atomic E-state index is 0.254. The van der Waals surface area contributed by atoms with E-state index in [0.29, 0.717) is 50.4 Å². The molecule has 3 aromatic rings. The minimum atomic E-state index is -1.07. The topological polar surface area (TPSA) is 103 Å². The predicted molar refractivity (Wildman–Crippen MR) is 139 cm³/mol. The van der Waals surface area contributed by atoms with Crippen LogP contribution in [0, 0.1) is 3.57 Å². The van der Waals surface area contributed by atoms with Crippen molar-refractivity contribution in [3.63, 3.8) is 0 Å². The molecule has 3 rings (SSSR count). The van der Waals surface area contributed by atoms with Gasteiger partial charge in [0.2, 0.25) is 0 Å². The van der Waals surface area contributed by atoms with Gasteiger partial charge in [-0.1, -0.05) is 22.9 Å². The van der Waals surface area contributed by atoms with Gasteiger partial charge in [-0.15, -0.1) is 0 Å². The molecule has 1 N–H and O–H groups in total. The zero-order chi connectivity index (χ0) is 24.1. The van der Waals surface area contributed by atoms with Gasteiger partial charge in [0.1, 0.15) is 5.82 Å². The van der Waals surface area contributed by atoms with Crippen molar-refractivity contribution in [1.82, 2.24) is 9.66 Å². The standard InChI is InChI=1S/C23H23BrIN3O5/c1-4-6-20-27-18-8-7-15(24)11-16(18)22(29)28(20)26-12-14-9-17(25)21(19(10-14)32-5-2)33-13(3)23(30)31/h7-13H,4-6H2,1-3H3,(H,30,31)/t13-/m0/s1. The highest BCUT2D eigenvalue weighted by atomic mass is 127. The van der Waals surface area contributed by atoms with Crippen LogP contribution in [0.5, 0.6) is 11.5 Å². The molecular formula is C23H23BrIN3O5. The van der Waals surface area contributed by atoms with E-state index in [1.165, 1.54) is 11.6 Å². The quantitative estimate of drug-likeness (QED) is 0.269. The van der Waals surface area contributed by atoms with Crippen molar-refractivity contribution in [1.29, 1.82) is 0 Å². The summed E-state index contributed by atoms with van der Waals surface area (Å²) in [5.41, 5.74) is 1.04. The van der Waals surface area contributed by atoms with Gasteiger partial charge in [0.25, 0.3) is 5.56 Å². The third-order valence-electron chi connectivity index (χ3n) is 4.65. The number of carboxylic acids is 1. The maximum atomic E-state index is 13.2. The number of hydrogen-bond acceptors (Lipinski definition) is 6. The van der Waals surface area contributed by atoms with Crippen LogP contribution in [-0.4, -0.2) is 39.7 Å². The van der Waals surface area contributed by atoms with Gasteiger partial charge in [-0.05, 0) is 78.8 Å². The van der Waals surface area contributed by atoms with Gasteiger partial charge in [0, 0.05) is 10.9 Å². The van der Waals surface area contributed by atoms with Crippen LogP contribution < -0.4 is 15.0 Å². The molecule has 0 unspecified atom stereocenters. The Bertz CT molecular complexity index is 1280.